The van der Waals surface area contributed by atoms with Crippen molar-refractivity contribution in [3.8, 4) is 17.0 Å². The van der Waals surface area contributed by atoms with E-state index in [9.17, 15) is 8.42 Å². The molecule has 1 aliphatic rings. The van der Waals surface area contributed by atoms with Gasteiger partial charge in [-0.25, -0.2) is 8.42 Å². The van der Waals surface area contributed by atoms with Crippen LogP contribution in [0.1, 0.15) is 19.3 Å². The Labute approximate surface area is 176 Å². The van der Waals surface area contributed by atoms with Gasteiger partial charge in [0.05, 0.1) is 17.7 Å². The SMILES string of the molecule is COc1ccc(S(=O)(=O)Nc2ccc(-c3ccc(N4CCCCC4)nn3)cc2)cc1. The number of benzene rings is 2. The highest BCUT2D eigenvalue weighted by Gasteiger charge is 2.15. The van der Waals surface area contributed by atoms with Crippen LogP contribution in [0.3, 0.4) is 0 Å². The van der Waals surface area contributed by atoms with E-state index in [1.165, 1.54) is 38.5 Å². The number of ether oxygens (including phenoxy) is 1. The number of sulfonamides is 1. The molecule has 8 heteroatoms. The lowest BCUT2D eigenvalue weighted by Crippen LogP contribution is -2.30. The Morgan fingerprint density at radius 3 is 2.17 bits per heavy atom. The summed E-state index contributed by atoms with van der Waals surface area (Å²) in [4.78, 5) is 2.43. The second kappa shape index (κ2) is 8.71. The van der Waals surface area contributed by atoms with Crippen LogP contribution >= 0.6 is 0 Å². The van der Waals surface area contributed by atoms with Crippen molar-refractivity contribution in [1.82, 2.24) is 10.2 Å². The van der Waals surface area contributed by atoms with E-state index in [2.05, 4.69) is 19.8 Å². The van der Waals surface area contributed by atoms with E-state index < -0.39 is 10.0 Å². The van der Waals surface area contributed by atoms with Gasteiger partial charge in [-0.05, 0) is 67.8 Å². The van der Waals surface area contributed by atoms with Gasteiger partial charge < -0.3 is 9.64 Å². The summed E-state index contributed by atoms with van der Waals surface area (Å²) in [5.74, 6) is 1.51. The van der Waals surface area contributed by atoms with Crippen molar-refractivity contribution in [2.24, 2.45) is 0 Å². The lowest BCUT2D eigenvalue weighted by molar-refractivity contribution is 0.414. The quantitative estimate of drug-likeness (QED) is 0.645. The number of anilines is 2. The van der Waals surface area contributed by atoms with Crippen LogP contribution in [0.4, 0.5) is 11.5 Å². The van der Waals surface area contributed by atoms with E-state index >= 15 is 0 Å². The van der Waals surface area contributed by atoms with Crippen molar-refractivity contribution in [2.45, 2.75) is 24.2 Å². The van der Waals surface area contributed by atoms with Gasteiger partial charge in [0.15, 0.2) is 5.82 Å². The Morgan fingerprint density at radius 2 is 1.57 bits per heavy atom. The fourth-order valence-corrected chi connectivity index (χ4v) is 4.51. The van der Waals surface area contributed by atoms with Gasteiger partial charge in [-0.3, -0.25) is 4.72 Å². The fourth-order valence-electron chi connectivity index (χ4n) is 3.45. The maximum absolute atomic E-state index is 12.6. The summed E-state index contributed by atoms with van der Waals surface area (Å²) in [7, 11) is -2.14. The molecule has 0 amide bonds. The first kappa shape index (κ1) is 20.2. The van der Waals surface area contributed by atoms with Crippen LogP contribution < -0.4 is 14.4 Å². The normalized spacial score (nSPS) is 14.4. The summed E-state index contributed by atoms with van der Waals surface area (Å²) in [6.45, 7) is 2.05. The molecule has 1 aliphatic heterocycles. The molecule has 1 aromatic heterocycles. The molecule has 0 radical (unpaired) electrons. The molecule has 3 aromatic rings. The minimum Gasteiger partial charge on any atom is -0.497 e. The van der Waals surface area contributed by atoms with E-state index in [0.29, 0.717) is 11.4 Å². The van der Waals surface area contributed by atoms with Gasteiger partial charge in [0, 0.05) is 24.3 Å². The predicted molar refractivity (Wildman–Crippen MR) is 117 cm³/mol. The number of rotatable bonds is 6. The molecule has 0 saturated carbocycles. The molecule has 0 atom stereocenters. The van der Waals surface area contributed by atoms with Crippen molar-refractivity contribution in [1.29, 1.82) is 0 Å². The number of nitrogens with zero attached hydrogens (tertiary/aromatic N) is 3. The maximum atomic E-state index is 12.6. The van der Waals surface area contributed by atoms with Crippen molar-refractivity contribution >= 4 is 21.5 Å². The van der Waals surface area contributed by atoms with Gasteiger partial charge in [-0.1, -0.05) is 12.1 Å². The zero-order chi connectivity index (χ0) is 21.0. The Balaban J connectivity index is 1.45. The Kier molecular flexibility index (Phi) is 5.85. The minimum atomic E-state index is -3.67. The zero-order valence-corrected chi connectivity index (χ0v) is 17.6. The lowest BCUT2D eigenvalue weighted by atomic mass is 10.1. The Morgan fingerprint density at radius 1 is 0.867 bits per heavy atom. The van der Waals surface area contributed by atoms with Crippen LogP contribution in [0.25, 0.3) is 11.3 Å². The van der Waals surface area contributed by atoms with Gasteiger partial charge in [-0.15, -0.1) is 10.2 Å². The van der Waals surface area contributed by atoms with Crippen LogP contribution in [0.15, 0.2) is 65.6 Å². The molecule has 0 aliphatic carbocycles. The number of hydrogen-bond donors (Lipinski definition) is 1. The van der Waals surface area contributed by atoms with Crippen molar-refractivity contribution in [3.63, 3.8) is 0 Å². The summed E-state index contributed by atoms with van der Waals surface area (Å²) in [5, 5.41) is 8.72. The fraction of sp³-hybridized carbons (Fsp3) is 0.273. The summed E-state index contributed by atoms with van der Waals surface area (Å²) >= 11 is 0. The van der Waals surface area contributed by atoms with Crippen molar-refractivity contribution in [3.05, 3.63) is 60.7 Å². The number of aromatic nitrogens is 2. The molecule has 156 valence electrons. The van der Waals surface area contributed by atoms with Crippen LogP contribution in [-0.2, 0) is 10.0 Å². The van der Waals surface area contributed by atoms with Gasteiger partial charge in [0.2, 0.25) is 0 Å². The Bertz CT molecular complexity index is 1080. The maximum Gasteiger partial charge on any atom is 0.261 e. The third-order valence-electron chi connectivity index (χ3n) is 5.13. The molecule has 1 fully saturated rings. The highest BCUT2D eigenvalue weighted by Crippen LogP contribution is 2.24. The second-order valence-corrected chi connectivity index (χ2v) is 8.87. The molecule has 1 saturated heterocycles. The molecule has 7 nitrogen and oxygen atoms in total. The molecule has 2 aromatic carbocycles. The summed E-state index contributed by atoms with van der Waals surface area (Å²) in [5.41, 5.74) is 2.10. The zero-order valence-electron chi connectivity index (χ0n) is 16.8. The first-order valence-electron chi connectivity index (χ1n) is 9.91. The van der Waals surface area contributed by atoms with Crippen LogP contribution in [0.5, 0.6) is 5.75 Å². The standard InChI is InChI=1S/C22H24N4O3S/c1-29-19-9-11-20(12-10-19)30(27,28)25-18-7-5-17(6-8-18)21-13-14-22(24-23-21)26-15-3-2-4-16-26/h5-14,25H,2-4,15-16H2,1H3. The van der Waals surface area contributed by atoms with Crippen molar-refractivity contribution in [2.75, 3.05) is 29.8 Å². The summed E-state index contributed by atoms with van der Waals surface area (Å²) in [6.07, 6.45) is 3.66. The smallest absolute Gasteiger partial charge is 0.261 e. The first-order chi connectivity index (χ1) is 14.5. The molecular weight excluding hydrogens is 400 g/mol. The second-order valence-electron chi connectivity index (χ2n) is 7.18. The average Bonchev–Trinajstić information content (AvgIpc) is 2.80. The molecule has 2 heterocycles. The van der Waals surface area contributed by atoms with Gasteiger partial charge in [0.25, 0.3) is 10.0 Å². The minimum absolute atomic E-state index is 0.173. The largest absolute Gasteiger partial charge is 0.497 e. The molecule has 0 unspecified atom stereocenters. The van der Waals surface area contributed by atoms with E-state index in [-0.39, 0.29) is 4.90 Å². The topological polar surface area (TPSA) is 84.4 Å². The molecular formula is C22H24N4O3S. The van der Waals surface area contributed by atoms with Crippen LogP contribution in [-0.4, -0.2) is 38.8 Å². The number of nitrogens with one attached hydrogen (secondary N) is 1. The Hall–Kier alpha value is -3.13. The summed E-state index contributed by atoms with van der Waals surface area (Å²) < 4.78 is 32.8. The third-order valence-corrected chi connectivity index (χ3v) is 6.53. The number of methoxy groups -OCH3 is 1. The van der Waals surface area contributed by atoms with Crippen LogP contribution in [0, 0.1) is 0 Å². The highest BCUT2D eigenvalue weighted by atomic mass is 32.2. The van der Waals surface area contributed by atoms with E-state index in [0.717, 1.165) is 30.2 Å². The number of hydrogen-bond acceptors (Lipinski definition) is 6. The molecule has 30 heavy (non-hydrogen) atoms. The molecule has 1 N–H and O–H groups in total. The molecule has 0 bridgehead atoms. The van der Waals surface area contributed by atoms with E-state index in [4.69, 9.17) is 4.74 Å². The van der Waals surface area contributed by atoms with Gasteiger partial charge >= 0.3 is 0 Å². The highest BCUT2D eigenvalue weighted by molar-refractivity contribution is 7.92. The number of piperidine rings is 1. The first-order valence-corrected chi connectivity index (χ1v) is 11.4. The average molecular weight is 425 g/mol. The molecule has 4 rings (SSSR count). The summed E-state index contributed by atoms with van der Waals surface area (Å²) in [6, 6.07) is 17.3. The lowest BCUT2D eigenvalue weighted by Gasteiger charge is -2.27. The van der Waals surface area contributed by atoms with Gasteiger partial charge in [-0.2, -0.15) is 0 Å². The van der Waals surface area contributed by atoms with Crippen LogP contribution in [0.2, 0.25) is 0 Å². The third kappa shape index (κ3) is 4.54. The predicted octanol–water partition coefficient (Wildman–Crippen LogP) is 3.94. The van der Waals surface area contributed by atoms with E-state index in [1.807, 2.05) is 24.3 Å². The van der Waals surface area contributed by atoms with Crippen molar-refractivity contribution < 1.29 is 13.2 Å². The monoisotopic (exact) mass is 424 g/mol. The van der Waals surface area contributed by atoms with E-state index in [1.54, 1.807) is 24.3 Å². The van der Waals surface area contributed by atoms with Gasteiger partial charge in [0.1, 0.15) is 5.75 Å². The molecule has 0 spiro atoms.